The van der Waals surface area contributed by atoms with Crippen molar-refractivity contribution in [3.05, 3.63) is 54.1 Å². The highest BCUT2D eigenvalue weighted by Gasteiger charge is 2.60. The van der Waals surface area contributed by atoms with Crippen molar-refractivity contribution in [3.63, 3.8) is 0 Å². The molecule has 0 saturated carbocycles. The Labute approximate surface area is 186 Å². The number of para-hydroxylation sites is 1. The highest BCUT2D eigenvalue weighted by atomic mass is 16.6. The smallest absolute Gasteiger partial charge is 0.353 e. The van der Waals surface area contributed by atoms with E-state index in [1.54, 1.807) is 36.4 Å². The number of carbonyl (C=O) groups excluding carboxylic acids is 3. The van der Waals surface area contributed by atoms with E-state index in [1.165, 1.54) is 16.8 Å². The van der Waals surface area contributed by atoms with Gasteiger partial charge in [-0.3, -0.25) is 14.5 Å². The first-order valence-corrected chi connectivity index (χ1v) is 10.7. The molecule has 2 aliphatic rings. The van der Waals surface area contributed by atoms with Gasteiger partial charge >= 0.3 is 5.97 Å². The maximum Gasteiger partial charge on any atom is 0.353 e. The average Bonchev–Trinajstić information content (AvgIpc) is 3.18. The second-order valence-corrected chi connectivity index (χ2v) is 7.73. The van der Waals surface area contributed by atoms with E-state index < -0.39 is 11.6 Å². The molecule has 2 aliphatic heterocycles. The van der Waals surface area contributed by atoms with Gasteiger partial charge in [-0.15, -0.1) is 0 Å². The molecule has 168 valence electrons. The van der Waals surface area contributed by atoms with E-state index in [-0.39, 0.29) is 37.9 Å². The van der Waals surface area contributed by atoms with Gasteiger partial charge in [0.05, 0.1) is 17.9 Å². The number of fused-ring (bicyclic) bond motifs is 3. The molecule has 0 aromatic heterocycles. The van der Waals surface area contributed by atoms with E-state index in [1.807, 2.05) is 19.1 Å². The fourth-order valence-corrected chi connectivity index (χ4v) is 4.15. The van der Waals surface area contributed by atoms with Crippen molar-refractivity contribution in [1.29, 1.82) is 0 Å². The van der Waals surface area contributed by atoms with Crippen LogP contribution in [0.2, 0.25) is 0 Å². The lowest BCUT2D eigenvalue weighted by Gasteiger charge is -2.46. The molecule has 0 unspecified atom stereocenters. The van der Waals surface area contributed by atoms with Crippen molar-refractivity contribution in [2.24, 2.45) is 0 Å². The molecule has 0 aliphatic carbocycles. The summed E-state index contributed by atoms with van der Waals surface area (Å²) in [4.78, 5) is 41.5. The first-order valence-electron chi connectivity index (χ1n) is 10.7. The summed E-state index contributed by atoms with van der Waals surface area (Å²) >= 11 is 0. The van der Waals surface area contributed by atoms with E-state index in [0.717, 1.165) is 12.2 Å². The van der Waals surface area contributed by atoms with Crippen LogP contribution >= 0.6 is 0 Å². The number of nitrogens with zero attached hydrogens (tertiary/aromatic N) is 2. The second kappa shape index (κ2) is 8.90. The third-order valence-corrected chi connectivity index (χ3v) is 5.75. The number of esters is 1. The summed E-state index contributed by atoms with van der Waals surface area (Å²) in [6.07, 6.45) is 1.27. The third kappa shape index (κ3) is 3.66. The lowest BCUT2D eigenvalue weighted by molar-refractivity contribution is -0.157. The van der Waals surface area contributed by atoms with E-state index >= 15 is 0 Å². The van der Waals surface area contributed by atoms with Crippen LogP contribution in [0.4, 0.5) is 5.69 Å². The maximum absolute atomic E-state index is 13.2. The number of likely N-dealkylation sites (N-methyl/N-ethyl adjacent to an activating group) is 1. The Morgan fingerprint density at radius 2 is 1.62 bits per heavy atom. The molecule has 2 amide bonds. The van der Waals surface area contributed by atoms with Gasteiger partial charge in [-0.05, 0) is 42.8 Å². The molecule has 0 bridgehead atoms. The Bertz CT molecular complexity index is 1020. The monoisotopic (exact) mass is 438 g/mol. The van der Waals surface area contributed by atoms with Gasteiger partial charge in [0.25, 0.3) is 5.91 Å². The van der Waals surface area contributed by atoms with Gasteiger partial charge in [0.15, 0.2) is 0 Å². The molecule has 0 N–H and O–H groups in total. The van der Waals surface area contributed by atoms with Crippen molar-refractivity contribution < 1.29 is 28.6 Å². The van der Waals surface area contributed by atoms with Gasteiger partial charge in [-0.1, -0.05) is 19.1 Å². The summed E-state index contributed by atoms with van der Waals surface area (Å²) in [6.45, 7) is 2.82. The number of benzene rings is 2. The molecule has 1 fully saturated rings. The maximum atomic E-state index is 13.2. The largest absolute Gasteiger partial charge is 0.494 e. The highest BCUT2D eigenvalue weighted by Crippen LogP contribution is 2.44. The molecule has 8 nitrogen and oxygen atoms in total. The molecule has 8 heteroatoms. The van der Waals surface area contributed by atoms with Crippen molar-refractivity contribution in [2.45, 2.75) is 31.8 Å². The van der Waals surface area contributed by atoms with Crippen LogP contribution in [0.5, 0.6) is 11.5 Å². The van der Waals surface area contributed by atoms with Crippen molar-refractivity contribution >= 4 is 23.5 Å². The Morgan fingerprint density at radius 3 is 2.31 bits per heavy atom. The summed E-state index contributed by atoms with van der Waals surface area (Å²) in [5, 5.41) is 0. The molecule has 4 rings (SSSR count). The average molecular weight is 438 g/mol. The van der Waals surface area contributed by atoms with Crippen LogP contribution in [0.1, 0.15) is 36.5 Å². The predicted octanol–water partition coefficient (Wildman–Crippen LogP) is 3.01. The van der Waals surface area contributed by atoms with Crippen LogP contribution in [0.3, 0.4) is 0 Å². The Morgan fingerprint density at radius 1 is 0.969 bits per heavy atom. The van der Waals surface area contributed by atoms with Gasteiger partial charge in [0.1, 0.15) is 24.7 Å². The zero-order valence-electron chi connectivity index (χ0n) is 18.2. The van der Waals surface area contributed by atoms with Crippen LogP contribution < -0.4 is 14.4 Å². The fraction of sp³-hybridized carbons (Fsp3) is 0.375. The van der Waals surface area contributed by atoms with Gasteiger partial charge < -0.3 is 19.1 Å². The molecule has 2 aromatic carbocycles. The topological polar surface area (TPSA) is 85.4 Å². The van der Waals surface area contributed by atoms with Gasteiger partial charge in [0.2, 0.25) is 11.6 Å². The zero-order chi connectivity index (χ0) is 22.7. The lowest BCUT2D eigenvalue weighted by Crippen LogP contribution is -2.67. The number of amides is 2. The quantitative estimate of drug-likeness (QED) is 0.465. The Hall–Kier alpha value is -3.55. The molecule has 1 atom stereocenters. The van der Waals surface area contributed by atoms with Gasteiger partial charge in [-0.25, -0.2) is 4.79 Å². The van der Waals surface area contributed by atoms with E-state index in [0.29, 0.717) is 23.6 Å². The normalized spacial score (nSPS) is 19.4. The highest BCUT2D eigenvalue weighted by molar-refractivity contribution is 6.15. The first kappa shape index (κ1) is 21.7. The lowest BCUT2D eigenvalue weighted by atomic mass is 9.97. The molecule has 0 radical (unpaired) electrons. The van der Waals surface area contributed by atoms with Crippen molar-refractivity contribution in [2.75, 3.05) is 31.8 Å². The van der Waals surface area contributed by atoms with Gasteiger partial charge in [-0.2, -0.15) is 0 Å². The van der Waals surface area contributed by atoms with E-state index in [4.69, 9.17) is 14.2 Å². The molecular formula is C24H26N2O6. The predicted molar refractivity (Wildman–Crippen MR) is 117 cm³/mol. The van der Waals surface area contributed by atoms with Crippen LogP contribution in [0, 0.1) is 0 Å². The summed E-state index contributed by atoms with van der Waals surface area (Å²) in [5.41, 5.74) is -0.638. The zero-order valence-corrected chi connectivity index (χ0v) is 18.2. The second-order valence-electron chi connectivity index (χ2n) is 7.73. The number of rotatable bonds is 8. The molecule has 32 heavy (non-hydrogen) atoms. The van der Waals surface area contributed by atoms with E-state index in [2.05, 4.69) is 0 Å². The van der Waals surface area contributed by atoms with Crippen LogP contribution in [0.15, 0.2) is 48.5 Å². The minimum atomic E-state index is -1.47. The van der Waals surface area contributed by atoms with E-state index in [9.17, 15) is 14.4 Å². The van der Waals surface area contributed by atoms with Crippen LogP contribution in [-0.4, -0.2) is 55.2 Å². The Kier molecular flexibility index (Phi) is 6.03. The first-order chi connectivity index (χ1) is 15.5. The Balaban J connectivity index is 1.41. The number of ether oxygens (including phenoxy) is 3. The number of hydrogen-bond acceptors (Lipinski definition) is 6. The fourth-order valence-electron chi connectivity index (χ4n) is 4.15. The summed E-state index contributed by atoms with van der Waals surface area (Å²) < 4.78 is 16.7. The summed E-state index contributed by atoms with van der Waals surface area (Å²) in [5.74, 6) is 0.224. The summed E-state index contributed by atoms with van der Waals surface area (Å²) in [6, 6.07) is 14.0. The molecule has 1 saturated heterocycles. The standard InChI is InChI=1S/C24H26N2O6/c1-3-14-30-17-8-10-18(11-9-17)31-15-16-32-23(29)24-13-12-21(27)26(24)20-7-5-4-6-19(20)22(28)25(24)2/h4-11H,3,12-16H2,1-2H3/t24-/m1/s1. The molecule has 0 spiro atoms. The molecule has 2 aromatic rings. The third-order valence-electron chi connectivity index (χ3n) is 5.75. The number of hydrogen-bond donors (Lipinski definition) is 0. The van der Waals surface area contributed by atoms with Crippen LogP contribution in [0.25, 0.3) is 0 Å². The van der Waals surface area contributed by atoms with Crippen molar-refractivity contribution in [3.8, 4) is 11.5 Å². The molecule has 2 heterocycles. The number of carbonyl (C=O) groups is 3. The van der Waals surface area contributed by atoms with Crippen molar-refractivity contribution in [1.82, 2.24) is 4.90 Å². The summed E-state index contributed by atoms with van der Waals surface area (Å²) in [7, 11) is 1.53. The van der Waals surface area contributed by atoms with Gasteiger partial charge in [0, 0.05) is 19.9 Å². The minimum Gasteiger partial charge on any atom is -0.494 e. The minimum absolute atomic E-state index is 0.0135. The SMILES string of the molecule is CCCOc1ccc(OCCOC(=O)[C@@]23CCC(=O)N2c2ccccc2C(=O)N3C)cc1. The number of anilines is 1. The molecular weight excluding hydrogens is 412 g/mol. The van der Waals surface area contributed by atoms with Crippen LogP contribution in [-0.2, 0) is 14.3 Å².